The van der Waals surface area contributed by atoms with E-state index in [0.29, 0.717) is 12.6 Å². The fourth-order valence-electron chi connectivity index (χ4n) is 1.21. The van der Waals surface area contributed by atoms with Gasteiger partial charge in [-0.1, -0.05) is 17.7 Å². The predicted octanol–water partition coefficient (Wildman–Crippen LogP) is 1.30. The van der Waals surface area contributed by atoms with Gasteiger partial charge in [0.05, 0.1) is 6.04 Å². The number of aliphatic imine (C=N–C) groups is 1. The van der Waals surface area contributed by atoms with Crippen LogP contribution in [-0.4, -0.2) is 25.7 Å². The molecule has 1 aromatic rings. The summed E-state index contributed by atoms with van der Waals surface area (Å²) in [5.41, 5.74) is 6.77. The van der Waals surface area contributed by atoms with Crippen LogP contribution in [-0.2, 0) is 0 Å². The topological polar surface area (TPSA) is 59.6 Å². The van der Waals surface area contributed by atoms with Gasteiger partial charge in [-0.05, 0) is 26.0 Å². The van der Waals surface area contributed by atoms with Crippen LogP contribution in [0.2, 0.25) is 0 Å². The van der Waals surface area contributed by atoms with Crippen molar-refractivity contribution in [3.05, 3.63) is 29.8 Å². The number of aryl methyl sites for hydroxylation is 1. The predicted molar refractivity (Wildman–Crippen MR) is 66.8 cm³/mol. The largest absolute Gasteiger partial charge is 0.491 e. The van der Waals surface area contributed by atoms with Gasteiger partial charge in [0.1, 0.15) is 12.4 Å². The maximum absolute atomic E-state index is 5.60. The molecule has 1 rings (SSSR count). The third-order valence-electron chi connectivity index (χ3n) is 2.16. The number of hydrogen-bond acceptors (Lipinski definition) is 2. The number of rotatable bonds is 4. The molecule has 16 heavy (non-hydrogen) atoms. The summed E-state index contributed by atoms with van der Waals surface area (Å²) in [5.74, 6) is 1.30. The molecular weight excluding hydrogens is 202 g/mol. The summed E-state index contributed by atoms with van der Waals surface area (Å²) in [6.07, 6.45) is 0. The molecule has 1 aromatic carbocycles. The molecule has 0 fully saturated rings. The molecule has 0 saturated heterocycles. The molecule has 0 aromatic heterocycles. The summed E-state index contributed by atoms with van der Waals surface area (Å²) < 4.78 is 5.60. The Kier molecular flexibility index (Phi) is 4.64. The molecule has 0 saturated carbocycles. The first-order chi connectivity index (χ1) is 7.61. The zero-order valence-electron chi connectivity index (χ0n) is 10.0. The second-order valence-electron chi connectivity index (χ2n) is 3.78. The van der Waals surface area contributed by atoms with Crippen molar-refractivity contribution in [3.8, 4) is 5.75 Å². The maximum atomic E-state index is 5.60. The minimum atomic E-state index is 0.130. The second kappa shape index (κ2) is 6.00. The van der Waals surface area contributed by atoms with Gasteiger partial charge in [0, 0.05) is 7.05 Å². The molecule has 0 amide bonds. The van der Waals surface area contributed by atoms with E-state index in [0.717, 1.165) is 5.75 Å². The molecule has 1 unspecified atom stereocenters. The minimum absolute atomic E-state index is 0.130. The lowest BCUT2D eigenvalue weighted by atomic mass is 10.2. The van der Waals surface area contributed by atoms with Crippen LogP contribution in [0.5, 0.6) is 5.75 Å². The molecule has 3 N–H and O–H groups in total. The third kappa shape index (κ3) is 4.21. The number of nitrogens with two attached hydrogens (primary N) is 1. The Morgan fingerprint density at radius 1 is 1.44 bits per heavy atom. The van der Waals surface area contributed by atoms with Crippen LogP contribution >= 0.6 is 0 Å². The summed E-state index contributed by atoms with van der Waals surface area (Å²) in [6.45, 7) is 4.60. The van der Waals surface area contributed by atoms with Crippen molar-refractivity contribution in [1.82, 2.24) is 5.32 Å². The Bertz CT molecular complexity index is 346. The summed E-state index contributed by atoms with van der Waals surface area (Å²) in [6, 6.07) is 8.09. The van der Waals surface area contributed by atoms with Gasteiger partial charge in [-0.2, -0.15) is 0 Å². The highest BCUT2D eigenvalue weighted by Gasteiger charge is 2.03. The SMILES string of the molecule is CN=C(N)NC(C)COc1ccc(C)cc1. The highest BCUT2D eigenvalue weighted by atomic mass is 16.5. The number of benzene rings is 1. The van der Waals surface area contributed by atoms with Crippen molar-refractivity contribution in [3.63, 3.8) is 0 Å². The quantitative estimate of drug-likeness (QED) is 0.595. The van der Waals surface area contributed by atoms with Gasteiger partial charge in [-0.25, -0.2) is 0 Å². The molecular formula is C12H19N3O. The Hall–Kier alpha value is -1.71. The maximum Gasteiger partial charge on any atom is 0.188 e. The van der Waals surface area contributed by atoms with E-state index < -0.39 is 0 Å². The molecule has 88 valence electrons. The normalized spacial score (nSPS) is 13.3. The number of ether oxygens (including phenoxy) is 1. The van der Waals surface area contributed by atoms with E-state index in [1.807, 2.05) is 38.1 Å². The number of hydrogen-bond donors (Lipinski definition) is 2. The van der Waals surface area contributed by atoms with Crippen LogP contribution < -0.4 is 15.8 Å². The molecule has 0 bridgehead atoms. The van der Waals surface area contributed by atoms with E-state index in [4.69, 9.17) is 10.5 Å². The molecule has 0 spiro atoms. The lowest BCUT2D eigenvalue weighted by molar-refractivity contribution is 0.286. The minimum Gasteiger partial charge on any atom is -0.491 e. The average Bonchev–Trinajstić information content (AvgIpc) is 2.28. The first-order valence-corrected chi connectivity index (χ1v) is 5.30. The van der Waals surface area contributed by atoms with Gasteiger partial charge >= 0.3 is 0 Å². The smallest absolute Gasteiger partial charge is 0.188 e. The Morgan fingerprint density at radius 2 is 2.06 bits per heavy atom. The lowest BCUT2D eigenvalue weighted by Crippen LogP contribution is -2.41. The van der Waals surface area contributed by atoms with Crippen molar-refractivity contribution in [2.75, 3.05) is 13.7 Å². The van der Waals surface area contributed by atoms with E-state index in [1.165, 1.54) is 5.56 Å². The van der Waals surface area contributed by atoms with Crippen LogP contribution in [0.1, 0.15) is 12.5 Å². The average molecular weight is 221 g/mol. The van der Waals surface area contributed by atoms with E-state index in [9.17, 15) is 0 Å². The van der Waals surface area contributed by atoms with Crippen molar-refractivity contribution in [1.29, 1.82) is 0 Å². The van der Waals surface area contributed by atoms with Gasteiger partial charge in [0.25, 0.3) is 0 Å². The molecule has 0 aliphatic carbocycles. The van der Waals surface area contributed by atoms with E-state index in [1.54, 1.807) is 7.05 Å². The first-order valence-electron chi connectivity index (χ1n) is 5.30. The zero-order chi connectivity index (χ0) is 12.0. The van der Waals surface area contributed by atoms with Gasteiger partial charge in [0.15, 0.2) is 5.96 Å². The summed E-state index contributed by atoms with van der Waals surface area (Å²) >= 11 is 0. The molecule has 4 heteroatoms. The number of guanidine groups is 1. The molecule has 0 radical (unpaired) electrons. The number of nitrogens with one attached hydrogen (secondary N) is 1. The molecule has 0 aliphatic heterocycles. The first kappa shape index (κ1) is 12.4. The van der Waals surface area contributed by atoms with Crippen molar-refractivity contribution < 1.29 is 4.74 Å². The van der Waals surface area contributed by atoms with Crippen LogP contribution in [0.25, 0.3) is 0 Å². The Morgan fingerprint density at radius 3 is 2.62 bits per heavy atom. The fraction of sp³-hybridized carbons (Fsp3) is 0.417. The zero-order valence-corrected chi connectivity index (χ0v) is 10.0. The van der Waals surface area contributed by atoms with Gasteiger partial charge in [0.2, 0.25) is 0 Å². The second-order valence-corrected chi connectivity index (χ2v) is 3.78. The van der Waals surface area contributed by atoms with Crippen LogP contribution in [0, 0.1) is 6.92 Å². The molecule has 0 aliphatic rings. The molecule has 4 nitrogen and oxygen atoms in total. The number of nitrogens with zero attached hydrogens (tertiary/aromatic N) is 1. The summed E-state index contributed by atoms with van der Waals surface area (Å²) in [5, 5.41) is 3.01. The Balaban J connectivity index is 2.37. The van der Waals surface area contributed by atoms with Crippen LogP contribution in [0.4, 0.5) is 0 Å². The van der Waals surface area contributed by atoms with Crippen LogP contribution in [0.3, 0.4) is 0 Å². The molecule has 0 heterocycles. The monoisotopic (exact) mass is 221 g/mol. The van der Waals surface area contributed by atoms with Crippen molar-refractivity contribution in [2.45, 2.75) is 19.9 Å². The van der Waals surface area contributed by atoms with E-state index >= 15 is 0 Å². The van der Waals surface area contributed by atoms with E-state index in [-0.39, 0.29) is 6.04 Å². The van der Waals surface area contributed by atoms with Gasteiger partial charge in [-0.3, -0.25) is 4.99 Å². The standard InChI is InChI=1S/C12H19N3O/c1-9-4-6-11(7-5-9)16-8-10(2)15-12(13)14-3/h4-7,10H,8H2,1-3H3,(H3,13,14,15). The highest BCUT2D eigenvalue weighted by molar-refractivity contribution is 5.77. The van der Waals surface area contributed by atoms with Crippen molar-refractivity contribution >= 4 is 5.96 Å². The van der Waals surface area contributed by atoms with Gasteiger partial charge < -0.3 is 15.8 Å². The summed E-state index contributed by atoms with van der Waals surface area (Å²) in [7, 11) is 1.65. The van der Waals surface area contributed by atoms with Crippen LogP contribution in [0.15, 0.2) is 29.3 Å². The third-order valence-corrected chi connectivity index (χ3v) is 2.16. The fourth-order valence-corrected chi connectivity index (χ4v) is 1.21. The van der Waals surface area contributed by atoms with Gasteiger partial charge in [-0.15, -0.1) is 0 Å². The molecule has 1 atom stereocenters. The Labute approximate surface area is 96.5 Å². The lowest BCUT2D eigenvalue weighted by Gasteiger charge is -2.15. The summed E-state index contributed by atoms with van der Waals surface area (Å²) in [4.78, 5) is 3.82. The van der Waals surface area contributed by atoms with Crippen molar-refractivity contribution in [2.24, 2.45) is 10.7 Å². The van der Waals surface area contributed by atoms with E-state index in [2.05, 4.69) is 10.3 Å². The highest BCUT2D eigenvalue weighted by Crippen LogP contribution is 2.11.